The molecule has 110 valence electrons. The van der Waals surface area contributed by atoms with Crippen LogP contribution in [0.2, 0.25) is 0 Å². The summed E-state index contributed by atoms with van der Waals surface area (Å²) < 4.78 is 13.5. The van der Waals surface area contributed by atoms with Crippen LogP contribution < -0.4 is 5.32 Å². The summed E-state index contributed by atoms with van der Waals surface area (Å²) in [5.41, 5.74) is 2.73. The molecule has 2 rings (SSSR count). The van der Waals surface area contributed by atoms with E-state index in [1.807, 2.05) is 19.1 Å². The molecule has 1 atom stereocenters. The Hall–Kier alpha value is -1.68. The molecule has 0 aromatic heterocycles. The van der Waals surface area contributed by atoms with Gasteiger partial charge in [-0.1, -0.05) is 31.2 Å². The maximum Gasteiger partial charge on any atom is 0.252 e. The largest absolute Gasteiger partial charge is 0.345 e. The van der Waals surface area contributed by atoms with Gasteiger partial charge in [-0.05, 0) is 58.6 Å². The van der Waals surface area contributed by atoms with Gasteiger partial charge in [0.15, 0.2) is 0 Å². The first-order valence-electron chi connectivity index (χ1n) is 6.86. The number of benzene rings is 2. The molecule has 1 N–H and O–H groups in total. The molecule has 0 bridgehead atoms. The molecule has 0 saturated carbocycles. The quantitative estimate of drug-likeness (QED) is 0.855. The summed E-state index contributed by atoms with van der Waals surface area (Å²) >= 11 is 3.21. The van der Waals surface area contributed by atoms with Crippen LogP contribution in [0, 0.1) is 5.82 Å². The van der Waals surface area contributed by atoms with Gasteiger partial charge in [0.25, 0.3) is 5.91 Å². The van der Waals surface area contributed by atoms with E-state index in [0.717, 1.165) is 12.0 Å². The topological polar surface area (TPSA) is 29.1 Å². The Bertz CT molecular complexity index is 640. The van der Waals surface area contributed by atoms with Crippen molar-refractivity contribution in [1.29, 1.82) is 0 Å². The van der Waals surface area contributed by atoms with Crippen LogP contribution in [-0.2, 0) is 6.42 Å². The monoisotopic (exact) mass is 349 g/mol. The fraction of sp³-hybridized carbons (Fsp3) is 0.235. The first-order valence-corrected chi connectivity index (χ1v) is 7.65. The van der Waals surface area contributed by atoms with Crippen molar-refractivity contribution in [3.8, 4) is 0 Å². The first kappa shape index (κ1) is 15.7. The molecule has 0 heterocycles. The fourth-order valence-electron chi connectivity index (χ4n) is 2.07. The lowest BCUT2D eigenvalue weighted by molar-refractivity contribution is 0.0939. The van der Waals surface area contributed by atoms with Crippen LogP contribution in [0.25, 0.3) is 0 Å². The van der Waals surface area contributed by atoms with Gasteiger partial charge < -0.3 is 5.32 Å². The summed E-state index contributed by atoms with van der Waals surface area (Å²) in [6.07, 6.45) is 0.990. The fourth-order valence-corrected chi connectivity index (χ4v) is 2.60. The van der Waals surface area contributed by atoms with Crippen molar-refractivity contribution in [2.45, 2.75) is 26.3 Å². The summed E-state index contributed by atoms with van der Waals surface area (Å²) in [5, 5.41) is 2.92. The number of hydrogen-bond acceptors (Lipinski definition) is 1. The van der Waals surface area contributed by atoms with Crippen molar-refractivity contribution >= 4 is 21.8 Å². The Morgan fingerprint density at radius 1 is 1.24 bits per heavy atom. The highest BCUT2D eigenvalue weighted by Gasteiger charge is 2.14. The summed E-state index contributed by atoms with van der Waals surface area (Å²) in [4.78, 5) is 12.2. The van der Waals surface area contributed by atoms with E-state index in [4.69, 9.17) is 0 Å². The minimum absolute atomic E-state index is 0.111. The van der Waals surface area contributed by atoms with Crippen molar-refractivity contribution in [3.63, 3.8) is 0 Å². The molecule has 21 heavy (non-hydrogen) atoms. The summed E-state index contributed by atoms with van der Waals surface area (Å²) in [6, 6.07) is 12.1. The van der Waals surface area contributed by atoms with Crippen LogP contribution in [-0.4, -0.2) is 5.91 Å². The lowest BCUT2D eigenvalue weighted by Gasteiger charge is -2.15. The zero-order valence-electron chi connectivity index (χ0n) is 12.0. The maximum absolute atomic E-state index is 13.0. The van der Waals surface area contributed by atoms with Crippen LogP contribution >= 0.6 is 15.9 Å². The maximum atomic E-state index is 13.0. The lowest BCUT2D eigenvalue weighted by atomic mass is 10.0. The Morgan fingerprint density at radius 3 is 2.48 bits per heavy atom. The molecule has 0 aliphatic rings. The van der Waals surface area contributed by atoms with Gasteiger partial charge in [-0.3, -0.25) is 4.79 Å². The second kappa shape index (κ2) is 6.85. The second-order valence-electron chi connectivity index (χ2n) is 4.91. The molecule has 0 saturated heterocycles. The van der Waals surface area contributed by atoms with E-state index in [1.54, 1.807) is 0 Å². The first-order chi connectivity index (χ1) is 10.0. The molecular formula is C17H17BrFNO. The zero-order valence-corrected chi connectivity index (χ0v) is 13.6. The van der Waals surface area contributed by atoms with Crippen LogP contribution in [0.1, 0.15) is 41.4 Å². The lowest BCUT2D eigenvalue weighted by Crippen LogP contribution is -2.27. The SMILES string of the molecule is CCc1ccc(C(C)NC(=O)c2ccc(F)cc2Br)cc1. The van der Waals surface area contributed by atoms with Gasteiger partial charge in [-0.25, -0.2) is 4.39 Å². The standard InChI is InChI=1S/C17H17BrFNO/c1-3-12-4-6-13(7-5-12)11(2)20-17(21)15-9-8-14(19)10-16(15)18/h4-11H,3H2,1-2H3,(H,20,21). The Balaban J connectivity index is 2.10. The highest BCUT2D eigenvalue weighted by Crippen LogP contribution is 2.20. The van der Waals surface area contributed by atoms with E-state index in [-0.39, 0.29) is 17.8 Å². The third kappa shape index (κ3) is 3.91. The highest BCUT2D eigenvalue weighted by atomic mass is 79.9. The number of carbonyl (C=O) groups is 1. The predicted octanol–water partition coefficient (Wildman–Crippen LogP) is 4.64. The number of rotatable bonds is 4. The molecule has 0 spiro atoms. The van der Waals surface area contributed by atoms with E-state index in [9.17, 15) is 9.18 Å². The molecule has 0 aliphatic heterocycles. The van der Waals surface area contributed by atoms with Gasteiger partial charge in [-0.15, -0.1) is 0 Å². The number of hydrogen-bond donors (Lipinski definition) is 1. The van der Waals surface area contributed by atoms with E-state index in [0.29, 0.717) is 10.0 Å². The smallest absolute Gasteiger partial charge is 0.252 e. The molecule has 0 radical (unpaired) electrons. The Morgan fingerprint density at radius 2 is 1.90 bits per heavy atom. The minimum Gasteiger partial charge on any atom is -0.345 e. The van der Waals surface area contributed by atoms with Crippen LogP contribution in [0.3, 0.4) is 0 Å². The van der Waals surface area contributed by atoms with Crippen molar-refractivity contribution in [2.24, 2.45) is 0 Å². The number of nitrogens with one attached hydrogen (secondary N) is 1. The minimum atomic E-state index is -0.373. The number of aryl methyl sites for hydroxylation is 1. The van der Waals surface area contributed by atoms with E-state index < -0.39 is 0 Å². The summed E-state index contributed by atoms with van der Waals surface area (Å²) in [6.45, 7) is 4.03. The van der Waals surface area contributed by atoms with Gasteiger partial charge in [0.05, 0.1) is 11.6 Å². The molecule has 0 aliphatic carbocycles. The number of amides is 1. The van der Waals surface area contributed by atoms with Crippen molar-refractivity contribution < 1.29 is 9.18 Å². The molecule has 2 aromatic carbocycles. The normalized spacial score (nSPS) is 12.0. The Kier molecular flexibility index (Phi) is 5.12. The number of carbonyl (C=O) groups excluding carboxylic acids is 1. The highest BCUT2D eigenvalue weighted by molar-refractivity contribution is 9.10. The van der Waals surface area contributed by atoms with Crippen molar-refractivity contribution in [2.75, 3.05) is 0 Å². The van der Waals surface area contributed by atoms with E-state index in [1.165, 1.54) is 23.8 Å². The van der Waals surface area contributed by atoms with Crippen LogP contribution in [0.5, 0.6) is 0 Å². The van der Waals surface area contributed by atoms with Gasteiger partial charge in [0, 0.05) is 4.47 Å². The Labute approximate surface area is 132 Å². The third-order valence-corrected chi connectivity index (χ3v) is 4.07. The molecule has 0 fully saturated rings. The molecule has 4 heteroatoms. The van der Waals surface area contributed by atoms with Crippen LogP contribution in [0.4, 0.5) is 4.39 Å². The predicted molar refractivity (Wildman–Crippen MR) is 85.8 cm³/mol. The van der Waals surface area contributed by atoms with E-state index >= 15 is 0 Å². The van der Waals surface area contributed by atoms with E-state index in [2.05, 4.69) is 40.3 Å². The molecule has 1 unspecified atom stereocenters. The molecular weight excluding hydrogens is 333 g/mol. The van der Waals surface area contributed by atoms with Gasteiger partial charge >= 0.3 is 0 Å². The van der Waals surface area contributed by atoms with Crippen LogP contribution in [0.15, 0.2) is 46.9 Å². The van der Waals surface area contributed by atoms with Crippen molar-refractivity contribution in [1.82, 2.24) is 5.32 Å². The zero-order chi connectivity index (χ0) is 15.4. The molecule has 2 aromatic rings. The average molecular weight is 350 g/mol. The molecule has 1 amide bonds. The van der Waals surface area contributed by atoms with Gasteiger partial charge in [0.1, 0.15) is 5.82 Å². The van der Waals surface area contributed by atoms with Gasteiger partial charge in [0.2, 0.25) is 0 Å². The van der Waals surface area contributed by atoms with Gasteiger partial charge in [-0.2, -0.15) is 0 Å². The summed E-state index contributed by atoms with van der Waals surface area (Å²) in [5.74, 6) is -0.601. The molecule has 2 nitrogen and oxygen atoms in total. The average Bonchev–Trinajstić information content (AvgIpc) is 2.47. The van der Waals surface area contributed by atoms with Crippen molar-refractivity contribution in [3.05, 3.63) is 69.4 Å². The second-order valence-corrected chi connectivity index (χ2v) is 5.77. The summed E-state index contributed by atoms with van der Waals surface area (Å²) in [7, 11) is 0. The number of halogens is 2. The third-order valence-electron chi connectivity index (χ3n) is 3.41.